The Morgan fingerprint density at radius 2 is 1.85 bits per heavy atom. The molecule has 2 aromatic heterocycles. The summed E-state index contributed by atoms with van der Waals surface area (Å²) in [4.78, 5) is 18.8. The minimum atomic E-state index is -0.0474. The number of carbonyl (C=O) groups excluding carboxylic acids is 1. The highest BCUT2D eigenvalue weighted by Gasteiger charge is 2.25. The molecule has 0 spiro atoms. The van der Waals surface area contributed by atoms with Crippen LogP contribution in [0.2, 0.25) is 0 Å². The fourth-order valence-electron chi connectivity index (χ4n) is 3.30. The molecule has 0 aliphatic carbocycles. The van der Waals surface area contributed by atoms with Crippen LogP contribution >= 0.6 is 0 Å². The van der Waals surface area contributed by atoms with E-state index in [1.165, 1.54) is 5.56 Å². The van der Waals surface area contributed by atoms with Crippen molar-refractivity contribution in [1.82, 2.24) is 24.6 Å². The fourth-order valence-corrected chi connectivity index (χ4v) is 3.30. The highest BCUT2D eigenvalue weighted by Crippen LogP contribution is 2.16. The van der Waals surface area contributed by atoms with E-state index in [4.69, 9.17) is 0 Å². The van der Waals surface area contributed by atoms with Gasteiger partial charge in [0.25, 0.3) is 5.91 Å². The fraction of sp³-hybridized carbons (Fsp3) is 0.300. The molecule has 1 amide bonds. The largest absolute Gasteiger partial charge is 0.328 e. The van der Waals surface area contributed by atoms with Crippen LogP contribution in [0.5, 0.6) is 0 Å². The van der Waals surface area contributed by atoms with Crippen molar-refractivity contribution < 1.29 is 4.79 Å². The highest BCUT2D eigenvalue weighted by molar-refractivity contribution is 5.92. The lowest BCUT2D eigenvalue weighted by atomic mass is 10.1. The lowest BCUT2D eigenvalue weighted by Gasteiger charge is -2.27. The zero-order valence-electron chi connectivity index (χ0n) is 14.8. The SMILES string of the molecule is Cc1cccc(C(=O)N2CCn3c(CCc4ccccc4)nnc3C2)n1. The van der Waals surface area contributed by atoms with Crippen molar-refractivity contribution in [3.8, 4) is 0 Å². The van der Waals surface area contributed by atoms with Gasteiger partial charge in [-0.3, -0.25) is 4.79 Å². The lowest BCUT2D eigenvalue weighted by molar-refractivity contribution is 0.0700. The van der Waals surface area contributed by atoms with E-state index in [2.05, 4.69) is 44.0 Å². The van der Waals surface area contributed by atoms with Crippen LogP contribution in [0, 0.1) is 6.92 Å². The summed E-state index contributed by atoms with van der Waals surface area (Å²) in [6.07, 6.45) is 1.79. The maximum atomic E-state index is 12.7. The first-order valence-electron chi connectivity index (χ1n) is 8.88. The number of rotatable bonds is 4. The predicted molar refractivity (Wildman–Crippen MR) is 97.6 cm³/mol. The molecule has 1 aromatic carbocycles. The second-order valence-electron chi connectivity index (χ2n) is 6.56. The molecule has 132 valence electrons. The first-order valence-corrected chi connectivity index (χ1v) is 8.88. The number of aromatic nitrogens is 4. The number of hydrogen-bond acceptors (Lipinski definition) is 4. The van der Waals surface area contributed by atoms with Crippen LogP contribution in [0.15, 0.2) is 48.5 Å². The van der Waals surface area contributed by atoms with Gasteiger partial charge in [0.15, 0.2) is 5.82 Å². The first-order chi connectivity index (χ1) is 12.7. The third-order valence-electron chi connectivity index (χ3n) is 4.70. The summed E-state index contributed by atoms with van der Waals surface area (Å²) in [7, 11) is 0. The first kappa shape index (κ1) is 16.4. The zero-order chi connectivity index (χ0) is 17.9. The summed E-state index contributed by atoms with van der Waals surface area (Å²) in [5, 5.41) is 8.66. The van der Waals surface area contributed by atoms with Gasteiger partial charge in [0.05, 0.1) is 6.54 Å². The third-order valence-corrected chi connectivity index (χ3v) is 4.70. The maximum absolute atomic E-state index is 12.7. The van der Waals surface area contributed by atoms with E-state index < -0.39 is 0 Å². The molecule has 0 unspecified atom stereocenters. The number of pyridine rings is 1. The summed E-state index contributed by atoms with van der Waals surface area (Å²) in [5.41, 5.74) is 2.63. The molecule has 26 heavy (non-hydrogen) atoms. The van der Waals surface area contributed by atoms with E-state index in [1.54, 1.807) is 11.0 Å². The Balaban J connectivity index is 1.45. The average molecular weight is 347 g/mol. The van der Waals surface area contributed by atoms with Gasteiger partial charge in [-0.25, -0.2) is 4.98 Å². The van der Waals surface area contributed by atoms with E-state index in [0.717, 1.165) is 36.7 Å². The summed E-state index contributed by atoms with van der Waals surface area (Å²) in [6.45, 7) is 3.75. The van der Waals surface area contributed by atoms with Gasteiger partial charge >= 0.3 is 0 Å². The van der Waals surface area contributed by atoms with Gasteiger partial charge in [0.2, 0.25) is 0 Å². The van der Waals surface area contributed by atoms with Crippen molar-refractivity contribution >= 4 is 5.91 Å². The molecule has 3 aromatic rings. The minimum absolute atomic E-state index is 0.0474. The van der Waals surface area contributed by atoms with Crippen molar-refractivity contribution in [2.75, 3.05) is 6.54 Å². The Morgan fingerprint density at radius 3 is 2.65 bits per heavy atom. The van der Waals surface area contributed by atoms with Gasteiger partial charge in [-0.1, -0.05) is 36.4 Å². The van der Waals surface area contributed by atoms with Gasteiger partial charge in [-0.2, -0.15) is 0 Å². The molecule has 0 N–H and O–H groups in total. The Morgan fingerprint density at radius 1 is 1.00 bits per heavy atom. The quantitative estimate of drug-likeness (QED) is 0.727. The normalized spacial score (nSPS) is 13.5. The molecule has 1 aliphatic heterocycles. The molecule has 3 heterocycles. The lowest BCUT2D eigenvalue weighted by Crippen LogP contribution is -2.39. The molecule has 0 radical (unpaired) electrons. The third kappa shape index (κ3) is 3.35. The van der Waals surface area contributed by atoms with E-state index >= 15 is 0 Å². The van der Waals surface area contributed by atoms with Crippen LogP contribution in [-0.2, 0) is 25.9 Å². The van der Waals surface area contributed by atoms with Crippen LogP contribution in [0.25, 0.3) is 0 Å². The van der Waals surface area contributed by atoms with Gasteiger partial charge in [-0.15, -0.1) is 10.2 Å². The number of fused-ring (bicyclic) bond motifs is 1. The summed E-state index contributed by atoms with van der Waals surface area (Å²) >= 11 is 0. The van der Waals surface area contributed by atoms with Gasteiger partial charge in [0.1, 0.15) is 11.5 Å². The van der Waals surface area contributed by atoms with Crippen molar-refractivity contribution in [3.05, 3.63) is 77.1 Å². The van der Waals surface area contributed by atoms with E-state index in [0.29, 0.717) is 18.8 Å². The molecule has 4 rings (SSSR count). The summed E-state index contributed by atoms with van der Waals surface area (Å²) in [5.74, 6) is 1.79. The van der Waals surface area contributed by atoms with E-state index in [-0.39, 0.29) is 5.91 Å². The summed E-state index contributed by atoms with van der Waals surface area (Å²) < 4.78 is 2.15. The van der Waals surface area contributed by atoms with Crippen molar-refractivity contribution in [1.29, 1.82) is 0 Å². The number of carbonyl (C=O) groups is 1. The number of hydrogen-bond donors (Lipinski definition) is 0. The minimum Gasteiger partial charge on any atom is -0.328 e. The molecule has 6 heteroatoms. The van der Waals surface area contributed by atoms with Crippen molar-refractivity contribution in [2.45, 2.75) is 32.9 Å². The summed E-state index contributed by atoms with van der Waals surface area (Å²) in [6, 6.07) is 15.9. The van der Waals surface area contributed by atoms with Crippen LogP contribution in [0.4, 0.5) is 0 Å². The standard InChI is InChI=1S/C20H21N5O/c1-15-6-5-9-17(21-15)20(26)24-12-13-25-18(22-23-19(25)14-24)11-10-16-7-3-2-4-8-16/h2-9H,10-14H2,1H3. The molecule has 0 atom stereocenters. The van der Waals surface area contributed by atoms with Crippen LogP contribution in [0.3, 0.4) is 0 Å². The topological polar surface area (TPSA) is 63.9 Å². The van der Waals surface area contributed by atoms with Crippen LogP contribution in [0.1, 0.15) is 33.4 Å². The Bertz CT molecular complexity index is 919. The zero-order valence-corrected chi connectivity index (χ0v) is 14.8. The predicted octanol–water partition coefficient (Wildman–Crippen LogP) is 2.42. The number of aryl methyl sites for hydroxylation is 3. The van der Waals surface area contributed by atoms with Crippen molar-refractivity contribution in [3.63, 3.8) is 0 Å². The maximum Gasteiger partial charge on any atom is 0.272 e. The number of amides is 1. The molecule has 1 aliphatic rings. The van der Waals surface area contributed by atoms with Gasteiger partial charge < -0.3 is 9.47 Å². The van der Waals surface area contributed by atoms with Crippen molar-refractivity contribution in [2.24, 2.45) is 0 Å². The smallest absolute Gasteiger partial charge is 0.272 e. The van der Waals surface area contributed by atoms with Crippen LogP contribution < -0.4 is 0 Å². The number of nitrogens with zero attached hydrogens (tertiary/aromatic N) is 5. The molecule has 0 bridgehead atoms. The van der Waals surface area contributed by atoms with E-state index in [9.17, 15) is 4.79 Å². The molecule has 0 saturated carbocycles. The van der Waals surface area contributed by atoms with E-state index in [1.807, 2.05) is 25.1 Å². The highest BCUT2D eigenvalue weighted by atomic mass is 16.2. The number of benzene rings is 1. The molecular weight excluding hydrogens is 326 g/mol. The van der Waals surface area contributed by atoms with Crippen LogP contribution in [-0.4, -0.2) is 37.1 Å². The molecule has 0 saturated heterocycles. The molecule has 6 nitrogen and oxygen atoms in total. The Hall–Kier alpha value is -3.02. The Kier molecular flexibility index (Phi) is 4.48. The van der Waals surface area contributed by atoms with Gasteiger partial charge in [0, 0.05) is 25.2 Å². The molecular formula is C20H21N5O. The molecule has 0 fully saturated rings. The average Bonchev–Trinajstić information content (AvgIpc) is 3.09. The van der Waals surface area contributed by atoms with Gasteiger partial charge in [-0.05, 0) is 31.0 Å². The second-order valence-corrected chi connectivity index (χ2v) is 6.56. The second kappa shape index (κ2) is 7.07. The monoisotopic (exact) mass is 347 g/mol. The Labute approximate surface area is 152 Å².